The Morgan fingerprint density at radius 3 is 3.13 bits per heavy atom. The number of nitrogens with zero attached hydrogens (tertiary/aromatic N) is 1. The molecular weight excluding hydrogens is 213 g/mol. The third-order valence-electron chi connectivity index (χ3n) is 1.83. The number of rotatable bonds is 6. The van der Waals surface area contributed by atoms with Gasteiger partial charge in [-0.2, -0.15) is 0 Å². The van der Waals surface area contributed by atoms with Crippen LogP contribution >= 0.6 is 11.3 Å². The second kappa shape index (κ2) is 7.23. The Hall–Kier alpha value is -1.10. The first-order valence-corrected chi connectivity index (χ1v) is 5.83. The lowest BCUT2D eigenvalue weighted by molar-refractivity contribution is 0.477. The summed E-state index contributed by atoms with van der Waals surface area (Å²) in [6.45, 7) is 0.881. The number of thiophene rings is 1. The molecule has 0 fully saturated rings. The zero-order valence-corrected chi connectivity index (χ0v) is 9.39. The van der Waals surface area contributed by atoms with Crippen molar-refractivity contribution in [3.8, 4) is 0 Å². The second-order valence-corrected chi connectivity index (χ2v) is 4.10. The van der Waals surface area contributed by atoms with Crippen molar-refractivity contribution in [3.63, 3.8) is 0 Å². The summed E-state index contributed by atoms with van der Waals surface area (Å²) in [4.78, 5) is 5.30. The van der Waals surface area contributed by atoms with Gasteiger partial charge in [0.05, 0.1) is 6.67 Å². The van der Waals surface area contributed by atoms with Crippen LogP contribution in [0.5, 0.6) is 0 Å². The van der Waals surface area contributed by atoms with Gasteiger partial charge >= 0.3 is 0 Å². The van der Waals surface area contributed by atoms with Crippen LogP contribution in [0, 0.1) is 0 Å². The highest BCUT2D eigenvalue weighted by Crippen LogP contribution is 2.07. The van der Waals surface area contributed by atoms with Crippen LogP contribution < -0.4 is 11.1 Å². The van der Waals surface area contributed by atoms with Crippen molar-refractivity contribution in [2.24, 2.45) is 10.7 Å². The predicted octanol–water partition coefficient (Wildman–Crippen LogP) is 1.55. The Morgan fingerprint density at radius 1 is 1.60 bits per heavy atom. The molecular formula is C10H16FN3S. The molecule has 0 aliphatic carbocycles. The fourth-order valence-corrected chi connectivity index (χ4v) is 1.79. The van der Waals surface area contributed by atoms with Gasteiger partial charge in [0.1, 0.15) is 0 Å². The zero-order chi connectivity index (χ0) is 10.9. The Kier molecular flexibility index (Phi) is 5.77. The van der Waals surface area contributed by atoms with Gasteiger partial charge in [-0.25, -0.2) is 0 Å². The Bertz CT molecular complexity index is 285. The van der Waals surface area contributed by atoms with Gasteiger partial charge in [0.2, 0.25) is 0 Å². The lowest BCUT2D eigenvalue weighted by Crippen LogP contribution is -2.33. The number of hydrogen-bond donors (Lipinski definition) is 2. The minimum atomic E-state index is -0.341. The molecule has 0 aliphatic heterocycles. The van der Waals surface area contributed by atoms with E-state index in [1.807, 2.05) is 11.4 Å². The summed E-state index contributed by atoms with van der Waals surface area (Å²) in [6.07, 6.45) is 1.38. The molecule has 84 valence electrons. The first-order valence-electron chi connectivity index (χ1n) is 4.95. The van der Waals surface area contributed by atoms with E-state index in [1.54, 1.807) is 11.3 Å². The van der Waals surface area contributed by atoms with E-state index >= 15 is 0 Å². The van der Waals surface area contributed by atoms with Crippen LogP contribution in [0.1, 0.15) is 11.3 Å². The van der Waals surface area contributed by atoms with Crippen LogP contribution in [0.25, 0.3) is 0 Å². The summed E-state index contributed by atoms with van der Waals surface area (Å²) in [6, 6.07) is 4.11. The summed E-state index contributed by atoms with van der Waals surface area (Å²) < 4.78 is 11.8. The Morgan fingerprint density at radius 2 is 2.47 bits per heavy atom. The van der Waals surface area contributed by atoms with Gasteiger partial charge in [0.15, 0.2) is 5.96 Å². The molecule has 0 saturated heterocycles. The van der Waals surface area contributed by atoms with E-state index in [0.29, 0.717) is 18.9 Å². The van der Waals surface area contributed by atoms with E-state index < -0.39 is 0 Å². The van der Waals surface area contributed by atoms with Crippen LogP contribution in [0.4, 0.5) is 4.39 Å². The SMILES string of the molecule is NC(=NCCCF)NCCc1cccs1. The molecule has 0 atom stereocenters. The molecule has 0 saturated carbocycles. The summed E-state index contributed by atoms with van der Waals surface area (Å²) in [5, 5.41) is 5.04. The van der Waals surface area contributed by atoms with Crippen molar-refractivity contribution in [2.75, 3.05) is 19.8 Å². The highest BCUT2D eigenvalue weighted by atomic mass is 32.1. The number of hydrogen-bond acceptors (Lipinski definition) is 2. The maximum atomic E-state index is 11.8. The van der Waals surface area contributed by atoms with Gasteiger partial charge in [0, 0.05) is 18.0 Å². The normalized spacial score (nSPS) is 11.7. The second-order valence-electron chi connectivity index (χ2n) is 3.07. The molecule has 1 rings (SSSR count). The average Bonchev–Trinajstić information content (AvgIpc) is 2.71. The van der Waals surface area contributed by atoms with Gasteiger partial charge in [-0.05, 0) is 24.3 Å². The lowest BCUT2D eigenvalue weighted by Gasteiger charge is -2.03. The minimum absolute atomic E-state index is 0.341. The number of halogens is 1. The van der Waals surface area contributed by atoms with Crippen LogP contribution in [0.3, 0.4) is 0 Å². The smallest absolute Gasteiger partial charge is 0.188 e. The Labute approximate surface area is 93.2 Å². The highest BCUT2D eigenvalue weighted by Gasteiger charge is 1.94. The van der Waals surface area contributed by atoms with Crippen molar-refractivity contribution in [3.05, 3.63) is 22.4 Å². The average molecular weight is 229 g/mol. The van der Waals surface area contributed by atoms with E-state index in [2.05, 4.69) is 16.4 Å². The minimum Gasteiger partial charge on any atom is -0.370 e. The molecule has 3 nitrogen and oxygen atoms in total. The van der Waals surface area contributed by atoms with Crippen molar-refractivity contribution in [1.29, 1.82) is 0 Å². The van der Waals surface area contributed by atoms with E-state index in [1.165, 1.54) is 4.88 Å². The maximum absolute atomic E-state index is 11.8. The quantitative estimate of drug-likeness (QED) is 0.442. The van der Waals surface area contributed by atoms with Crippen LogP contribution in [0.15, 0.2) is 22.5 Å². The Balaban J connectivity index is 2.11. The van der Waals surface area contributed by atoms with Crippen molar-refractivity contribution >= 4 is 17.3 Å². The number of guanidine groups is 1. The van der Waals surface area contributed by atoms with Crippen LogP contribution in [-0.4, -0.2) is 25.7 Å². The molecule has 1 aromatic rings. The fourth-order valence-electron chi connectivity index (χ4n) is 1.08. The van der Waals surface area contributed by atoms with Crippen LogP contribution in [-0.2, 0) is 6.42 Å². The van der Waals surface area contributed by atoms with E-state index in [4.69, 9.17) is 5.73 Å². The number of nitrogens with two attached hydrogens (primary N) is 1. The first kappa shape index (κ1) is 12.0. The lowest BCUT2D eigenvalue weighted by atomic mass is 10.3. The summed E-state index contributed by atoms with van der Waals surface area (Å²) in [5.41, 5.74) is 5.57. The molecule has 0 spiro atoms. The maximum Gasteiger partial charge on any atom is 0.188 e. The fraction of sp³-hybridized carbons (Fsp3) is 0.500. The number of nitrogens with one attached hydrogen (secondary N) is 1. The van der Waals surface area contributed by atoms with Gasteiger partial charge in [0.25, 0.3) is 0 Å². The van der Waals surface area contributed by atoms with E-state index in [0.717, 1.165) is 13.0 Å². The van der Waals surface area contributed by atoms with E-state index in [9.17, 15) is 4.39 Å². The molecule has 15 heavy (non-hydrogen) atoms. The molecule has 5 heteroatoms. The molecule has 1 aromatic heterocycles. The van der Waals surface area contributed by atoms with Crippen LogP contribution in [0.2, 0.25) is 0 Å². The molecule has 0 amide bonds. The van der Waals surface area contributed by atoms with Crippen molar-refractivity contribution in [1.82, 2.24) is 5.32 Å². The topological polar surface area (TPSA) is 50.4 Å². The van der Waals surface area contributed by atoms with Gasteiger partial charge in [-0.15, -0.1) is 11.3 Å². The first-order chi connectivity index (χ1) is 7.33. The standard InChI is InChI=1S/C10H16FN3S/c11-5-2-6-13-10(12)14-7-4-9-3-1-8-15-9/h1,3,8H,2,4-7H2,(H3,12,13,14). The predicted molar refractivity (Wildman–Crippen MR) is 63.1 cm³/mol. The molecule has 0 unspecified atom stereocenters. The zero-order valence-electron chi connectivity index (χ0n) is 8.58. The van der Waals surface area contributed by atoms with Gasteiger partial charge in [-0.3, -0.25) is 9.38 Å². The van der Waals surface area contributed by atoms with Gasteiger partial charge in [-0.1, -0.05) is 6.07 Å². The number of aliphatic imine (C=N–C) groups is 1. The monoisotopic (exact) mass is 229 g/mol. The highest BCUT2D eigenvalue weighted by molar-refractivity contribution is 7.09. The molecule has 0 bridgehead atoms. The molecule has 1 heterocycles. The van der Waals surface area contributed by atoms with Crippen molar-refractivity contribution < 1.29 is 4.39 Å². The van der Waals surface area contributed by atoms with Crippen molar-refractivity contribution in [2.45, 2.75) is 12.8 Å². The molecule has 0 radical (unpaired) electrons. The van der Waals surface area contributed by atoms with E-state index in [-0.39, 0.29) is 6.67 Å². The third-order valence-corrected chi connectivity index (χ3v) is 2.77. The molecule has 3 N–H and O–H groups in total. The summed E-state index contributed by atoms with van der Waals surface area (Å²) >= 11 is 1.73. The van der Waals surface area contributed by atoms with Gasteiger partial charge < -0.3 is 11.1 Å². The molecule has 0 aliphatic rings. The largest absolute Gasteiger partial charge is 0.370 e. The number of alkyl halides is 1. The summed E-state index contributed by atoms with van der Waals surface area (Å²) in [7, 11) is 0. The molecule has 0 aromatic carbocycles. The summed E-state index contributed by atoms with van der Waals surface area (Å²) in [5.74, 6) is 0.403. The third kappa shape index (κ3) is 5.37.